The lowest BCUT2D eigenvalue weighted by atomic mass is 10.2. The summed E-state index contributed by atoms with van der Waals surface area (Å²) in [5, 5.41) is 4.95. The molecule has 4 nitrogen and oxygen atoms in total. The zero-order chi connectivity index (χ0) is 13.8. The second-order valence-corrected chi connectivity index (χ2v) is 6.29. The van der Waals surface area contributed by atoms with E-state index in [2.05, 4.69) is 26.5 Å². The van der Waals surface area contributed by atoms with Crippen LogP contribution in [0.1, 0.15) is 11.7 Å². The SMILES string of the molecule is Cn1ncc(Br)c1C(CSc1ccccc1Cl)NN. The highest BCUT2D eigenvalue weighted by Crippen LogP contribution is 2.31. The summed E-state index contributed by atoms with van der Waals surface area (Å²) in [6.45, 7) is 0. The molecule has 0 saturated carbocycles. The van der Waals surface area contributed by atoms with Gasteiger partial charge in [0.1, 0.15) is 0 Å². The maximum Gasteiger partial charge on any atom is 0.0734 e. The van der Waals surface area contributed by atoms with Crippen LogP contribution in [0.4, 0.5) is 0 Å². The first-order chi connectivity index (χ1) is 9.13. The van der Waals surface area contributed by atoms with Crippen LogP contribution in [0.25, 0.3) is 0 Å². The van der Waals surface area contributed by atoms with E-state index in [4.69, 9.17) is 17.4 Å². The number of aromatic nitrogens is 2. The number of hydrogen-bond donors (Lipinski definition) is 2. The van der Waals surface area contributed by atoms with Gasteiger partial charge < -0.3 is 0 Å². The van der Waals surface area contributed by atoms with Crippen LogP contribution in [0.15, 0.2) is 39.8 Å². The maximum atomic E-state index is 6.14. The molecule has 1 unspecified atom stereocenters. The molecule has 0 saturated heterocycles. The van der Waals surface area contributed by atoms with Crippen LogP contribution in [0.2, 0.25) is 5.02 Å². The summed E-state index contributed by atoms with van der Waals surface area (Å²) in [7, 11) is 1.89. The number of thioether (sulfide) groups is 1. The topological polar surface area (TPSA) is 55.9 Å². The predicted octanol–water partition coefficient (Wildman–Crippen LogP) is 3.13. The first kappa shape index (κ1) is 14.9. The van der Waals surface area contributed by atoms with Gasteiger partial charge >= 0.3 is 0 Å². The third-order valence-corrected chi connectivity index (χ3v) is 4.93. The van der Waals surface area contributed by atoms with Crippen molar-refractivity contribution in [3.8, 4) is 0 Å². The molecule has 0 aliphatic rings. The Morgan fingerprint density at radius 2 is 2.26 bits per heavy atom. The lowest BCUT2D eigenvalue weighted by molar-refractivity contribution is 0.552. The van der Waals surface area contributed by atoms with E-state index >= 15 is 0 Å². The van der Waals surface area contributed by atoms with Crippen molar-refractivity contribution in [1.29, 1.82) is 0 Å². The summed E-state index contributed by atoms with van der Waals surface area (Å²) < 4.78 is 2.75. The average molecular weight is 362 g/mol. The molecule has 0 radical (unpaired) electrons. The number of benzene rings is 1. The van der Waals surface area contributed by atoms with Gasteiger partial charge in [-0.05, 0) is 28.1 Å². The molecular formula is C12H14BrClN4S. The van der Waals surface area contributed by atoms with E-state index < -0.39 is 0 Å². The van der Waals surface area contributed by atoms with Crippen LogP contribution < -0.4 is 11.3 Å². The number of aryl methyl sites for hydroxylation is 1. The standard InChI is InChI=1S/C12H14BrClN4S/c1-18-12(8(13)6-16-18)10(17-15)7-19-11-5-3-2-4-9(11)14/h2-6,10,17H,7,15H2,1H3. The Morgan fingerprint density at radius 1 is 1.53 bits per heavy atom. The molecule has 1 aromatic heterocycles. The molecule has 1 aromatic carbocycles. The molecule has 0 aliphatic carbocycles. The van der Waals surface area contributed by atoms with Crippen molar-refractivity contribution >= 4 is 39.3 Å². The highest BCUT2D eigenvalue weighted by atomic mass is 79.9. The van der Waals surface area contributed by atoms with Crippen LogP contribution in [-0.2, 0) is 7.05 Å². The van der Waals surface area contributed by atoms with Gasteiger partial charge in [0.05, 0.1) is 27.4 Å². The highest BCUT2D eigenvalue weighted by molar-refractivity contribution is 9.10. The quantitative estimate of drug-likeness (QED) is 0.488. The van der Waals surface area contributed by atoms with Crippen molar-refractivity contribution in [2.45, 2.75) is 10.9 Å². The Kier molecular flexibility index (Phi) is 5.29. The second kappa shape index (κ2) is 6.76. The Balaban J connectivity index is 2.11. The lowest BCUT2D eigenvalue weighted by Crippen LogP contribution is -2.31. The predicted molar refractivity (Wildman–Crippen MR) is 83.1 cm³/mol. The van der Waals surface area contributed by atoms with E-state index in [0.717, 1.165) is 25.8 Å². The number of hydrazine groups is 1. The zero-order valence-corrected chi connectivity index (χ0v) is 13.5. The third kappa shape index (κ3) is 3.52. The molecule has 1 heterocycles. The van der Waals surface area contributed by atoms with Crippen LogP contribution in [0.5, 0.6) is 0 Å². The first-order valence-corrected chi connectivity index (χ1v) is 7.80. The van der Waals surface area contributed by atoms with Crippen LogP contribution in [-0.4, -0.2) is 15.5 Å². The minimum Gasteiger partial charge on any atom is -0.271 e. The zero-order valence-electron chi connectivity index (χ0n) is 10.3. The molecular weight excluding hydrogens is 348 g/mol. The molecule has 102 valence electrons. The summed E-state index contributed by atoms with van der Waals surface area (Å²) in [5.74, 6) is 6.41. The number of hydrogen-bond acceptors (Lipinski definition) is 4. The largest absolute Gasteiger partial charge is 0.271 e. The fourth-order valence-electron chi connectivity index (χ4n) is 1.75. The molecule has 2 aromatic rings. The molecule has 0 bridgehead atoms. The summed E-state index contributed by atoms with van der Waals surface area (Å²) in [4.78, 5) is 1.04. The number of halogens is 2. The summed E-state index contributed by atoms with van der Waals surface area (Å²) >= 11 is 11.3. The van der Waals surface area contributed by atoms with Crippen LogP contribution in [0.3, 0.4) is 0 Å². The van der Waals surface area contributed by atoms with E-state index in [0.29, 0.717) is 0 Å². The van der Waals surface area contributed by atoms with E-state index in [1.54, 1.807) is 18.0 Å². The monoisotopic (exact) mass is 360 g/mol. The molecule has 0 spiro atoms. The molecule has 2 rings (SSSR count). The van der Waals surface area contributed by atoms with E-state index in [1.165, 1.54) is 0 Å². The third-order valence-electron chi connectivity index (χ3n) is 2.71. The summed E-state index contributed by atoms with van der Waals surface area (Å²) in [5.41, 5.74) is 3.84. The number of nitrogens with one attached hydrogen (secondary N) is 1. The van der Waals surface area contributed by atoms with E-state index in [-0.39, 0.29) is 6.04 Å². The van der Waals surface area contributed by atoms with Gasteiger partial charge in [-0.3, -0.25) is 16.0 Å². The second-order valence-electron chi connectivity index (χ2n) is 3.96. The lowest BCUT2D eigenvalue weighted by Gasteiger charge is -2.17. The van der Waals surface area contributed by atoms with Gasteiger partial charge in [-0.2, -0.15) is 5.10 Å². The van der Waals surface area contributed by atoms with E-state index in [1.807, 2.05) is 36.0 Å². The van der Waals surface area contributed by atoms with Crippen molar-refractivity contribution in [3.63, 3.8) is 0 Å². The van der Waals surface area contributed by atoms with Crippen molar-refractivity contribution in [3.05, 3.63) is 45.7 Å². The van der Waals surface area contributed by atoms with Crippen molar-refractivity contribution in [1.82, 2.24) is 15.2 Å². The molecule has 0 fully saturated rings. The van der Waals surface area contributed by atoms with Gasteiger partial charge in [0.25, 0.3) is 0 Å². The van der Waals surface area contributed by atoms with Crippen LogP contribution in [0, 0.1) is 0 Å². The average Bonchev–Trinajstić information content (AvgIpc) is 2.73. The Labute approximate surface area is 129 Å². The van der Waals surface area contributed by atoms with E-state index in [9.17, 15) is 0 Å². The Hall–Kier alpha value is -0.530. The van der Waals surface area contributed by atoms with Gasteiger partial charge in [0.15, 0.2) is 0 Å². The minimum atomic E-state index is -0.0110. The highest BCUT2D eigenvalue weighted by Gasteiger charge is 2.18. The van der Waals surface area contributed by atoms with Gasteiger partial charge in [-0.1, -0.05) is 23.7 Å². The molecule has 19 heavy (non-hydrogen) atoms. The minimum absolute atomic E-state index is 0.0110. The van der Waals surface area contributed by atoms with Gasteiger partial charge in [-0.25, -0.2) is 0 Å². The van der Waals surface area contributed by atoms with Crippen molar-refractivity contribution < 1.29 is 0 Å². The van der Waals surface area contributed by atoms with Gasteiger partial charge in [-0.15, -0.1) is 11.8 Å². The van der Waals surface area contributed by atoms with Crippen LogP contribution >= 0.6 is 39.3 Å². The van der Waals surface area contributed by atoms with Gasteiger partial charge in [0.2, 0.25) is 0 Å². The molecule has 7 heteroatoms. The molecule has 3 N–H and O–H groups in total. The first-order valence-electron chi connectivity index (χ1n) is 5.64. The fourth-order valence-corrected chi connectivity index (χ4v) is 3.66. The molecule has 0 amide bonds. The molecule has 1 atom stereocenters. The normalized spacial score (nSPS) is 12.6. The number of rotatable bonds is 5. The van der Waals surface area contributed by atoms with Crippen molar-refractivity contribution in [2.24, 2.45) is 12.9 Å². The number of nitrogens with two attached hydrogens (primary N) is 1. The van der Waals surface area contributed by atoms with Gasteiger partial charge in [0, 0.05) is 17.7 Å². The number of nitrogens with zero attached hydrogens (tertiary/aromatic N) is 2. The maximum absolute atomic E-state index is 6.14. The fraction of sp³-hybridized carbons (Fsp3) is 0.250. The van der Waals surface area contributed by atoms with Crippen molar-refractivity contribution in [2.75, 3.05) is 5.75 Å². The summed E-state index contributed by atoms with van der Waals surface area (Å²) in [6, 6.07) is 7.76. The Bertz CT molecular complexity index is 541. The smallest absolute Gasteiger partial charge is 0.0734 e. The Morgan fingerprint density at radius 3 is 2.84 bits per heavy atom. The molecule has 0 aliphatic heterocycles. The summed E-state index contributed by atoms with van der Waals surface area (Å²) in [6.07, 6.45) is 1.76.